The average Bonchev–Trinajstić information content (AvgIpc) is 3.18. The minimum Gasteiger partial charge on any atom is -0.417 e. The van der Waals surface area contributed by atoms with Crippen LogP contribution in [0.5, 0.6) is 0 Å². The molecular formula is C19H20N6O4. The molecule has 10 nitrogen and oxygen atoms in total. The van der Waals surface area contributed by atoms with Crippen molar-refractivity contribution in [2.24, 2.45) is 20.8 Å². The van der Waals surface area contributed by atoms with Crippen LogP contribution in [0.2, 0.25) is 0 Å². The standard InChI is InChI=1S/C19H20N6O4/c1-4-5-7-14(12(2)26)11-22-17(20)16(21-3)19-24-23-18(29-19)13-8-6-9-15(10-13)25(27)28/h5-11,24H,3-4H2,1-2H3,(H2,20,22)/b7-5-,14-11+,19-16?. The lowest BCUT2D eigenvalue weighted by molar-refractivity contribution is -0.384. The number of Topliss-reactive ketones (excluding diaryl/α,β-unsaturated/α-hetero) is 1. The molecule has 0 spiro atoms. The minimum atomic E-state index is -0.517. The van der Waals surface area contributed by atoms with E-state index in [0.717, 1.165) is 6.42 Å². The molecule has 1 aromatic rings. The van der Waals surface area contributed by atoms with Crippen molar-refractivity contribution in [1.82, 2.24) is 5.43 Å². The van der Waals surface area contributed by atoms with E-state index < -0.39 is 4.92 Å². The van der Waals surface area contributed by atoms with Crippen molar-refractivity contribution < 1.29 is 14.5 Å². The van der Waals surface area contributed by atoms with Crippen LogP contribution in [0, 0.1) is 10.1 Å². The fourth-order valence-corrected chi connectivity index (χ4v) is 2.19. The number of ether oxygens (including phenoxy) is 1. The molecule has 150 valence electrons. The van der Waals surface area contributed by atoms with Crippen LogP contribution in [-0.2, 0) is 9.53 Å². The molecule has 1 aromatic carbocycles. The molecule has 0 aromatic heterocycles. The van der Waals surface area contributed by atoms with E-state index in [-0.39, 0.29) is 34.8 Å². The number of hydrogen-bond donors (Lipinski definition) is 2. The van der Waals surface area contributed by atoms with Gasteiger partial charge in [-0.25, -0.2) is 10.4 Å². The third-order valence-corrected chi connectivity index (χ3v) is 3.66. The van der Waals surface area contributed by atoms with Crippen LogP contribution >= 0.6 is 0 Å². The molecule has 0 atom stereocenters. The maximum Gasteiger partial charge on any atom is 0.270 e. The summed E-state index contributed by atoms with van der Waals surface area (Å²) in [5.74, 6) is -0.0617. The summed E-state index contributed by atoms with van der Waals surface area (Å²) in [7, 11) is 0. The number of hydrogen-bond acceptors (Lipinski definition) is 8. The molecule has 0 radical (unpaired) electrons. The van der Waals surface area contributed by atoms with E-state index in [1.165, 1.54) is 31.3 Å². The molecule has 1 aliphatic rings. The molecule has 0 aliphatic carbocycles. The molecule has 0 saturated carbocycles. The Morgan fingerprint density at radius 2 is 2.24 bits per heavy atom. The summed E-state index contributed by atoms with van der Waals surface area (Å²) >= 11 is 0. The average molecular weight is 396 g/mol. The summed E-state index contributed by atoms with van der Waals surface area (Å²) in [5, 5.41) is 14.9. The monoisotopic (exact) mass is 396 g/mol. The van der Waals surface area contributed by atoms with Gasteiger partial charge in [-0.1, -0.05) is 25.1 Å². The summed E-state index contributed by atoms with van der Waals surface area (Å²) in [5.41, 5.74) is 9.30. The number of non-ortho nitro benzene ring substituents is 1. The first-order chi connectivity index (χ1) is 13.9. The van der Waals surface area contributed by atoms with Crippen LogP contribution in [0.15, 0.2) is 74.9 Å². The van der Waals surface area contributed by atoms with Gasteiger partial charge >= 0.3 is 0 Å². The Hall–Kier alpha value is -4.08. The minimum absolute atomic E-state index is 0.0540. The van der Waals surface area contributed by atoms with E-state index in [9.17, 15) is 14.9 Å². The summed E-state index contributed by atoms with van der Waals surface area (Å²) in [6.07, 6.45) is 5.57. The molecule has 2 rings (SSSR count). The number of nitrogens with one attached hydrogen (secondary N) is 1. The van der Waals surface area contributed by atoms with Crippen LogP contribution in [0.25, 0.3) is 0 Å². The highest BCUT2D eigenvalue weighted by atomic mass is 16.6. The summed E-state index contributed by atoms with van der Waals surface area (Å²) in [4.78, 5) is 29.9. The molecule has 0 amide bonds. The highest BCUT2D eigenvalue weighted by Gasteiger charge is 2.22. The molecule has 1 aliphatic heterocycles. The second-order valence-corrected chi connectivity index (χ2v) is 5.74. The van der Waals surface area contributed by atoms with Gasteiger partial charge in [0.05, 0.1) is 4.92 Å². The maximum atomic E-state index is 11.7. The van der Waals surface area contributed by atoms with Crippen molar-refractivity contribution in [3.63, 3.8) is 0 Å². The number of rotatable bonds is 8. The van der Waals surface area contributed by atoms with E-state index in [0.29, 0.717) is 11.1 Å². The second kappa shape index (κ2) is 9.74. The zero-order valence-corrected chi connectivity index (χ0v) is 16.0. The summed E-state index contributed by atoms with van der Waals surface area (Å²) in [6, 6.07) is 5.80. The third kappa shape index (κ3) is 5.45. The van der Waals surface area contributed by atoms with Crippen LogP contribution < -0.4 is 11.2 Å². The maximum absolute atomic E-state index is 11.7. The third-order valence-electron chi connectivity index (χ3n) is 3.66. The lowest BCUT2D eigenvalue weighted by atomic mass is 10.2. The highest BCUT2D eigenvalue weighted by molar-refractivity contribution is 6.01. The van der Waals surface area contributed by atoms with E-state index in [1.807, 2.05) is 13.0 Å². The van der Waals surface area contributed by atoms with Gasteiger partial charge in [-0.2, -0.15) is 0 Å². The number of nitro groups is 1. The number of nitrogens with zero attached hydrogens (tertiary/aromatic N) is 4. The van der Waals surface area contributed by atoms with Crippen LogP contribution in [0.4, 0.5) is 5.69 Å². The van der Waals surface area contributed by atoms with Gasteiger partial charge in [0.2, 0.25) is 11.8 Å². The molecule has 0 unspecified atom stereocenters. The van der Waals surface area contributed by atoms with Crippen LogP contribution in [0.1, 0.15) is 25.8 Å². The van der Waals surface area contributed by atoms with Crippen molar-refractivity contribution in [1.29, 1.82) is 0 Å². The van der Waals surface area contributed by atoms with Gasteiger partial charge in [0.15, 0.2) is 17.3 Å². The number of nitro benzene ring substituents is 1. The Bertz CT molecular complexity index is 988. The van der Waals surface area contributed by atoms with Gasteiger partial charge in [0.1, 0.15) is 0 Å². The first-order valence-corrected chi connectivity index (χ1v) is 8.56. The topological polar surface area (TPSA) is 145 Å². The van der Waals surface area contributed by atoms with Gasteiger partial charge in [0, 0.05) is 29.5 Å². The fourth-order valence-electron chi connectivity index (χ4n) is 2.19. The lowest BCUT2D eigenvalue weighted by Gasteiger charge is -2.05. The van der Waals surface area contributed by atoms with E-state index >= 15 is 0 Å². The zero-order chi connectivity index (χ0) is 21.4. The number of aliphatic imine (C=N–C) groups is 2. The number of ketones is 1. The number of allylic oxidation sites excluding steroid dienone is 3. The molecular weight excluding hydrogens is 376 g/mol. The van der Waals surface area contributed by atoms with E-state index in [1.54, 1.807) is 12.1 Å². The molecule has 29 heavy (non-hydrogen) atoms. The quantitative estimate of drug-likeness (QED) is 0.172. The first-order valence-electron chi connectivity index (χ1n) is 8.56. The number of nitrogens with two attached hydrogens (primary N) is 1. The van der Waals surface area contributed by atoms with Crippen molar-refractivity contribution in [2.75, 3.05) is 0 Å². The summed E-state index contributed by atoms with van der Waals surface area (Å²) in [6.45, 7) is 6.81. The Morgan fingerprint density at radius 1 is 1.48 bits per heavy atom. The summed E-state index contributed by atoms with van der Waals surface area (Å²) < 4.78 is 5.58. The Kier molecular flexibility index (Phi) is 7.13. The van der Waals surface area contributed by atoms with Crippen molar-refractivity contribution >= 4 is 29.9 Å². The number of hydrazone groups is 1. The van der Waals surface area contributed by atoms with Crippen LogP contribution in [0.3, 0.4) is 0 Å². The second-order valence-electron chi connectivity index (χ2n) is 5.74. The SMILES string of the molecule is C=NC(C(N)=N/C=C(\C=C/CC)C(C)=O)=C1NN=C(c2cccc([N+](=O)[O-])c2)O1. The molecule has 3 N–H and O–H groups in total. The molecule has 10 heteroatoms. The van der Waals surface area contributed by atoms with Gasteiger partial charge in [-0.3, -0.25) is 19.9 Å². The van der Waals surface area contributed by atoms with E-state index in [2.05, 4.69) is 27.2 Å². The number of carbonyl (C=O) groups is 1. The van der Waals surface area contributed by atoms with E-state index in [4.69, 9.17) is 10.5 Å². The molecule has 0 saturated heterocycles. The Morgan fingerprint density at radius 3 is 2.86 bits per heavy atom. The zero-order valence-electron chi connectivity index (χ0n) is 16.0. The number of amidine groups is 1. The fraction of sp³-hybridized carbons (Fsp3) is 0.158. The molecule has 0 bridgehead atoms. The van der Waals surface area contributed by atoms with Gasteiger partial charge in [-0.05, 0) is 26.1 Å². The molecule has 0 fully saturated rings. The van der Waals surface area contributed by atoms with Crippen molar-refractivity contribution in [3.05, 3.63) is 75.4 Å². The van der Waals surface area contributed by atoms with Gasteiger partial charge in [-0.15, -0.1) is 5.10 Å². The Balaban J connectivity index is 2.28. The van der Waals surface area contributed by atoms with Crippen molar-refractivity contribution in [2.45, 2.75) is 20.3 Å². The predicted molar refractivity (Wildman–Crippen MR) is 110 cm³/mol. The predicted octanol–water partition coefficient (Wildman–Crippen LogP) is 2.54. The lowest BCUT2D eigenvalue weighted by Crippen LogP contribution is -2.19. The highest BCUT2D eigenvalue weighted by Crippen LogP contribution is 2.19. The number of carbonyl (C=O) groups excluding carboxylic acids is 1. The van der Waals surface area contributed by atoms with Crippen molar-refractivity contribution in [3.8, 4) is 0 Å². The normalized spacial score (nSPS) is 16.1. The largest absolute Gasteiger partial charge is 0.417 e. The van der Waals surface area contributed by atoms with Gasteiger partial charge < -0.3 is 10.5 Å². The molecule has 1 heterocycles. The Labute approximate surface area is 167 Å². The number of benzene rings is 1. The first kappa shape index (κ1) is 21.2. The van der Waals surface area contributed by atoms with Crippen LogP contribution in [-0.4, -0.2) is 29.2 Å². The smallest absolute Gasteiger partial charge is 0.270 e. The van der Waals surface area contributed by atoms with Gasteiger partial charge in [0.25, 0.3) is 5.69 Å².